The average molecular weight is 264 g/mol. The normalized spacial score (nSPS) is 10.4. The minimum atomic E-state index is -4.95. The van der Waals surface area contributed by atoms with Crippen molar-refractivity contribution < 1.29 is 28.5 Å². The third kappa shape index (κ3) is 4.34. The van der Waals surface area contributed by atoms with E-state index in [1.165, 1.54) is 24.3 Å². The van der Waals surface area contributed by atoms with E-state index in [4.69, 9.17) is 0 Å². The highest BCUT2D eigenvalue weighted by Gasteiger charge is 2.35. The monoisotopic (exact) mass is 264 g/mol. The first kappa shape index (κ1) is 12.7. The minimum Gasteiger partial charge on any atom is -0.408 e. The fraction of sp³-hybridized carbons (Fsp3) is 0. The van der Waals surface area contributed by atoms with Crippen LogP contribution in [0.2, 0.25) is 0 Å². The first-order chi connectivity index (χ1) is 7.91. The van der Waals surface area contributed by atoms with Crippen molar-refractivity contribution in [1.29, 1.82) is 0 Å². The van der Waals surface area contributed by atoms with Crippen molar-refractivity contribution in [2.75, 3.05) is 0 Å². The van der Waals surface area contributed by atoms with Crippen molar-refractivity contribution >= 4 is 7.82 Å². The van der Waals surface area contributed by atoms with E-state index in [0.29, 0.717) is 0 Å². The average Bonchev–Trinajstić information content (AvgIpc) is 2.15. The molecule has 0 heterocycles. The van der Waals surface area contributed by atoms with E-state index in [1.807, 2.05) is 0 Å². The van der Waals surface area contributed by atoms with Gasteiger partial charge in [0.1, 0.15) is 5.75 Å². The predicted molar refractivity (Wildman–Crippen MR) is 50.8 cm³/mol. The van der Waals surface area contributed by atoms with Crippen molar-refractivity contribution in [1.82, 2.24) is 0 Å². The molecule has 0 atom stereocenters. The topological polar surface area (TPSA) is 131 Å². The van der Waals surface area contributed by atoms with Gasteiger partial charge in [-0.3, -0.25) is 0 Å². The zero-order chi connectivity index (χ0) is 12.9. The number of hydrogen-bond donors (Lipinski definition) is 0. The Kier molecular flexibility index (Phi) is 3.83. The molecule has 1 rings (SSSR count). The molecule has 0 saturated carbocycles. The number of benzene rings is 1. The van der Waals surface area contributed by atoms with Crippen molar-refractivity contribution in [2.24, 2.45) is 0 Å². The van der Waals surface area contributed by atoms with Gasteiger partial charge in [0.2, 0.25) is 0 Å². The number of hydrogen-bond acceptors (Lipinski definition) is 8. The third-order valence-electron chi connectivity index (χ3n) is 1.29. The lowest BCUT2D eigenvalue weighted by molar-refractivity contribution is -0.752. The summed E-state index contributed by atoms with van der Waals surface area (Å²) in [5.41, 5.74) is 0. The van der Waals surface area contributed by atoms with E-state index in [-0.39, 0.29) is 5.75 Å². The Labute approximate surface area is 93.5 Å². The van der Waals surface area contributed by atoms with Gasteiger partial charge >= 0.3 is 18.0 Å². The summed E-state index contributed by atoms with van der Waals surface area (Å²) in [7, 11) is -4.95. The highest BCUT2D eigenvalue weighted by Crippen LogP contribution is 2.49. The van der Waals surface area contributed by atoms with Crippen LogP contribution in [0.25, 0.3) is 0 Å². The molecule has 10 nitrogen and oxygen atoms in total. The summed E-state index contributed by atoms with van der Waals surface area (Å²) in [6.07, 6.45) is 0. The van der Waals surface area contributed by atoms with E-state index in [0.717, 1.165) is 0 Å². The van der Waals surface area contributed by atoms with Gasteiger partial charge < -0.3 is 4.52 Å². The first-order valence-electron chi connectivity index (χ1n) is 3.94. The predicted octanol–water partition coefficient (Wildman–Crippen LogP) is 1.59. The van der Waals surface area contributed by atoms with E-state index in [2.05, 4.69) is 13.8 Å². The van der Waals surface area contributed by atoms with E-state index in [9.17, 15) is 24.8 Å². The van der Waals surface area contributed by atoms with Crippen molar-refractivity contribution in [3.05, 3.63) is 50.6 Å². The number of nitrogens with zero attached hydrogens (tertiary/aromatic N) is 2. The highest BCUT2D eigenvalue weighted by atomic mass is 31.2. The number of para-hydroxylation sites is 1. The fourth-order valence-electron chi connectivity index (χ4n) is 0.822. The van der Waals surface area contributed by atoms with Gasteiger partial charge in [-0.25, -0.2) is 4.57 Å². The second kappa shape index (κ2) is 5.12. The molecule has 0 aliphatic rings. The smallest absolute Gasteiger partial charge is 0.408 e. The lowest BCUT2D eigenvalue weighted by Gasteiger charge is -2.13. The Morgan fingerprint density at radius 2 is 1.47 bits per heavy atom. The molecular weight excluding hydrogens is 259 g/mol. The Bertz CT molecular complexity index is 442. The number of rotatable bonds is 6. The van der Waals surface area contributed by atoms with Crippen LogP contribution in [0.3, 0.4) is 0 Å². The van der Waals surface area contributed by atoms with Gasteiger partial charge in [-0.05, 0) is 12.1 Å². The molecule has 1 aromatic rings. The number of phosphoric acid groups is 1. The molecule has 17 heavy (non-hydrogen) atoms. The molecule has 1 aromatic carbocycles. The Morgan fingerprint density at radius 1 is 1.00 bits per heavy atom. The molecule has 0 saturated heterocycles. The van der Waals surface area contributed by atoms with Crippen LogP contribution in [-0.2, 0) is 13.8 Å². The van der Waals surface area contributed by atoms with Crippen LogP contribution in [0.4, 0.5) is 0 Å². The maximum atomic E-state index is 11.5. The standard InChI is InChI=1S/C6H5N2O8P/c9-7(10)15-17(13,16-8(11)12)14-6-4-2-1-3-5-6/h1-5H. The summed E-state index contributed by atoms with van der Waals surface area (Å²) in [4.78, 5) is 20.0. The van der Waals surface area contributed by atoms with Gasteiger partial charge in [-0.15, -0.1) is 20.2 Å². The van der Waals surface area contributed by atoms with Crippen LogP contribution in [0, 0.1) is 20.2 Å². The molecule has 11 heteroatoms. The maximum Gasteiger partial charge on any atom is 0.589 e. The van der Waals surface area contributed by atoms with Gasteiger partial charge in [0.25, 0.3) is 0 Å². The Morgan fingerprint density at radius 3 is 1.88 bits per heavy atom. The molecule has 0 radical (unpaired) electrons. The van der Waals surface area contributed by atoms with Gasteiger partial charge in [0.05, 0.1) is 0 Å². The van der Waals surface area contributed by atoms with Crippen molar-refractivity contribution in [3.8, 4) is 5.75 Å². The second-order valence-corrected chi connectivity index (χ2v) is 3.87. The van der Waals surface area contributed by atoms with Crippen LogP contribution in [0.15, 0.2) is 30.3 Å². The van der Waals surface area contributed by atoms with E-state index < -0.39 is 18.0 Å². The lowest BCUT2D eigenvalue weighted by Crippen LogP contribution is -2.10. The second-order valence-electron chi connectivity index (χ2n) is 2.46. The van der Waals surface area contributed by atoms with Crippen LogP contribution < -0.4 is 4.52 Å². The SMILES string of the molecule is O=[N+]([O-])OP(=O)(Oc1ccccc1)O[N+](=O)[O-]. The fourth-order valence-corrected chi connectivity index (χ4v) is 1.62. The van der Waals surface area contributed by atoms with Gasteiger partial charge in [-0.1, -0.05) is 18.2 Å². The largest absolute Gasteiger partial charge is 0.589 e. The summed E-state index contributed by atoms with van der Waals surface area (Å²) in [5, 5.41) is 17.0. The van der Waals surface area contributed by atoms with E-state index >= 15 is 0 Å². The van der Waals surface area contributed by atoms with Crippen LogP contribution in [0.1, 0.15) is 0 Å². The first-order valence-corrected chi connectivity index (χ1v) is 5.40. The van der Waals surface area contributed by atoms with Crippen LogP contribution in [-0.4, -0.2) is 10.2 Å². The highest BCUT2D eigenvalue weighted by molar-refractivity contribution is 7.48. The zero-order valence-corrected chi connectivity index (χ0v) is 8.89. The van der Waals surface area contributed by atoms with Crippen molar-refractivity contribution in [2.45, 2.75) is 0 Å². The summed E-state index contributed by atoms with van der Waals surface area (Å²) in [5.74, 6) is -0.139. The maximum absolute atomic E-state index is 11.5. The quantitative estimate of drug-likeness (QED) is 0.429. The molecule has 0 N–H and O–H groups in total. The molecule has 0 aliphatic heterocycles. The lowest BCUT2D eigenvalue weighted by atomic mass is 10.3. The minimum absolute atomic E-state index is 0.139. The molecule has 92 valence electrons. The van der Waals surface area contributed by atoms with Gasteiger partial charge in [0.15, 0.2) is 0 Å². The van der Waals surface area contributed by atoms with E-state index in [1.54, 1.807) is 6.07 Å². The van der Waals surface area contributed by atoms with Crippen LogP contribution >= 0.6 is 7.82 Å². The molecule has 0 spiro atoms. The molecule has 0 fully saturated rings. The third-order valence-corrected chi connectivity index (χ3v) is 2.39. The molecular formula is C6H5N2O8P. The molecule has 0 bridgehead atoms. The molecule has 0 unspecified atom stereocenters. The molecule has 0 aliphatic carbocycles. The molecule has 0 amide bonds. The van der Waals surface area contributed by atoms with Gasteiger partial charge in [0, 0.05) is 0 Å². The van der Waals surface area contributed by atoms with Crippen molar-refractivity contribution in [3.63, 3.8) is 0 Å². The zero-order valence-electron chi connectivity index (χ0n) is 7.99. The summed E-state index contributed by atoms with van der Waals surface area (Å²) in [6, 6.07) is 7.02. The summed E-state index contributed by atoms with van der Waals surface area (Å²) < 4.78 is 23.0. The molecule has 0 aromatic heterocycles. The summed E-state index contributed by atoms with van der Waals surface area (Å²) >= 11 is 0. The van der Waals surface area contributed by atoms with Crippen LogP contribution in [0.5, 0.6) is 5.75 Å². The summed E-state index contributed by atoms with van der Waals surface area (Å²) in [6.45, 7) is 0. The Hall–Kier alpha value is -2.35. The van der Waals surface area contributed by atoms with Gasteiger partial charge in [-0.2, -0.15) is 9.25 Å². The Balaban J connectivity index is 2.87.